The van der Waals surface area contributed by atoms with Crippen LogP contribution in [0.2, 0.25) is 0 Å². The first-order valence-corrected chi connectivity index (χ1v) is 10.0. The number of likely N-dealkylation sites (tertiary alicyclic amines) is 1. The minimum absolute atomic E-state index is 0.0716. The molecule has 1 fully saturated rings. The summed E-state index contributed by atoms with van der Waals surface area (Å²) in [5.74, 6) is 0.857. The van der Waals surface area contributed by atoms with Gasteiger partial charge in [-0.25, -0.2) is 0 Å². The summed E-state index contributed by atoms with van der Waals surface area (Å²) < 4.78 is 5.86. The summed E-state index contributed by atoms with van der Waals surface area (Å²) in [6, 6.07) is 17.0. The van der Waals surface area contributed by atoms with Crippen LogP contribution in [-0.4, -0.2) is 39.9 Å². The monoisotopic (exact) mass is 404 g/mol. The highest BCUT2D eigenvalue weighted by Gasteiger charge is 2.29. The van der Waals surface area contributed by atoms with E-state index < -0.39 is 5.54 Å². The molecule has 0 unspecified atom stereocenters. The number of nitrogens with two attached hydrogens (primary N) is 1. The predicted molar refractivity (Wildman–Crippen MR) is 112 cm³/mol. The van der Waals surface area contributed by atoms with Gasteiger partial charge in [-0.15, -0.1) is 10.2 Å². The van der Waals surface area contributed by atoms with Crippen molar-refractivity contribution in [3.05, 3.63) is 71.6 Å². The van der Waals surface area contributed by atoms with Gasteiger partial charge in [-0.05, 0) is 43.2 Å². The highest BCUT2D eigenvalue weighted by Crippen LogP contribution is 2.26. The number of rotatable bonds is 5. The number of piperidine rings is 1. The Morgan fingerprint density at radius 1 is 1.07 bits per heavy atom. The molecule has 0 saturated carbocycles. The molecule has 2 heterocycles. The molecule has 0 bridgehead atoms. The molecule has 7 heteroatoms. The lowest BCUT2D eigenvalue weighted by Crippen LogP contribution is -2.38. The van der Waals surface area contributed by atoms with E-state index in [-0.39, 0.29) is 11.7 Å². The predicted octanol–water partition coefficient (Wildman–Crippen LogP) is 2.96. The second kappa shape index (κ2) is 8.20. The molecule has 0 aliphatic carbocycles. The molecular formula is C23H24N4O3. The van der Waals surface area contributed by atoms with Gasteiger partial charge in [-0.3, -0.25) is 9.59 Å². The molecular weight excluding hydrogens is 380 g/mol. The minimum Gasteiger partial charge on any atom is -0.419 e. The van der Waals surface area contributed by atoms with E-state index in [4.69, 9.17) is 10.2 Å². The fourth-order valence-corrected chi connectivity index (χ4v) is 3.56. The van der Waals surface area contributed by atoms with Crippen LogP contribution in [0.4, 0.5) is 0 Å². The highest BCUT2D eigenvalue weighted by atomic mass is 16.4. The molecule has 0 radical (unpaired) electrons. The van der Waals surface area contributed by atoms with Gasteiger partial charge >= 0.3 is 0 Å². The third-order valence-corrected chi connectivity index (χ3v) is 5.31. The van der Waals surface area contributed by atoms with Gasteiger partial charge < -0.3 is 15.1 Å². The lowest BCUT2D eigenvalue weighted by molar-refractivity contribution is -0.120. The van der Waals surface area contributed by atoms with Crippen LogP contribution in [-0.2, 0) is 16.8 Å². The number of aromatic nitrogens is 2. The maximum atomic E-state index is 12.6. The van der Waals surface area contributed by atoms with Crippen molar-refractivity contribution in [3.63, 3.8) is 0 Å². The molecule has 7 nitrogen and oxygen atoms in total. The van der Waals surface area contributed by atoms with E-state index >= 15 is 0 Å². The Kier molecular flexibility index (Phi) is 5.46. The van der Waals surface area contributed by atoms with Crippen molar-refractivity contribution in [3.8, 4) is 11.5 Å². The molecule has 1 atom stereocenters. The number of carbonyl (C=O) groups is 2. The molecule has 1 aliphatic rings. The van der Waals surface area contributed by atoms with Crippen LogP contribution >= 0.6 is 0 Å². The summed E-state index contributed by atoms with van der Waals surface area (Å²) in [6.07, 6.45) is 1.42. The first-order valence-electron chi connectivity index (χ1n) is 10.0. The number of benzene rings is 2. The lowest BCUT2D eigenvalue weighted by Gasteiger charge is -2.26. The van der Waals surface area contributed by atoms with E-state index in [9.17, 15) is 9.59 Å². The Morgan fingerprint density at radius 2 is 1.73 bits per heavy atom. The zero-order valence-corrected chi connectivity index (χ0v) is 16.9. The fourth-order valence-electron chi connectivity index (χ4n) is 3.56. The average Bonchev–Trinajstić information content (AvgIpc) is 3.26. The molecule has 2 N–H and O–H groups in total. The summed E-state index contributed by atoms with van der Waals surface area (Å²) in [5, 5.41) is 8.29. The third kappa shape index (κ3) is 4.31. The van der Waals surface area contributed by atoms with Crippen molar-refractivity contribution in [1.29, 1.82) is 0 Å². The van der Waals surface area contributed by atoms with Gasteiger partial charge in [-0.1, -0.05) is 30.3 Å². The summed E-state index contributed by atoms with van der Waals surface area (Å²) in [7, 11) is 0. The van der Waals surface area contributed by atoms with Crippen LogP contribution in [0.3, 0.4) is 0 Å². The Balaban J connectivity index is 1.47. The summed E-state index contributed by atoms with van der Waals surface area (Å²) in [6.45, 7) is 2.81. The second-order valence-electron chi connectivity index (χ2n) is 7.90. The van der Waals surface area contributed by atoms with Gasteiger partial charge in [0, 0.05) is 37.1 Å². The Labute approximate surface area is 174 Å². The van der Waals surface area contributed by atoms with Crippen LogP contribution in [0.5, 0.6) is 0 Å². The summed E-state index contributed by atoms with van der Waals surface area (Å²) in [5.41, 5.74) is 8.02. The summed E-state index contributed by atoms with van der Waals surface area (Å²) >= 11 is 0. The molecule has 30 heavy (non-hydrogen) atoms. The van der Waals surface area contributed by atoms with Crippen LogP contribution < -0.4 is 5.73 Å². The maximum absolute atomic E-state index is 12.6. The van der Waals surface area contributed by atoms with Crippen molar-refractivity contribution in [2.45, 2.75) is 31.7 Å². The van der Waals surface area contributed by atoms with Gasteiger partial charge in [0.05, 0.1) is 5.54 Å². The third-order valence-electron chi connectivity index (χ3n) is 5.31. The molecule has 154 valence electrons. The first kappa shape index (κ1) is 20.0. The molecule has 2 aromatic carbocycles. The van der Waals surface area contributed by atoms with E-state index in [2.05, 4.69) is 10.2 Å². The van der Waals surface area contributed by atoms with Gasteiger partial charge in [-0.2, -0.15) is 0 Å². The van der Waals surface area contributed by atoms with Crippen LogP contribution in [0.25, 0.3) is 11.5 Å². The average molecular weight is 404 g/mol. The topological polar surface area (TPSA) is 102 Å². The van der Waals surface area contributed by atoms with Crippen molar-refractivity contribution < 1.29 is 14.0 Å². The summed E-state index contributed by atoms with van der Waals surface area (Å²) in [4.78, 5) is 25.7. The number of Topliss-reactive ketones (excluding diaryl/α,β-unsaturated/α-hetero) is 1. The molecule has 1 amide bonds. The molecule has 0 spiro atoms. The number of hydrogen-bond donors (Lipinski definition) is 1. The largest absolute Gasteiger partial charge is 0.419 e. The first-order chi connectivity index (χ1) is 14.4. The Morgan fingerprint density at radius 3 is 2.40 bits per heavy atom. The van der Waals surface area contributed by atoms with Crippen LogP contribution in [0.15, 0.2) is 59.0 Å². The van der Waals surface area contributed by atoms with Gasteiger partial charge in [0.1, 0.15) is 5.78 Å². The van der Waals surface area contributed by atoms with Crippen molar-refractivity contribution in [1.82, 2.24) is 15.1 Å². The van der Waals surface area contributed by atoms with Crippen molar-refractivity contribution >= 4 is 11.7 Å². The van der Waals surface area contributed by atoms with E-state index in [0.29, 0.717) is 49.7 Å². The molecule has 1 aromatic heterocycles. The Hall–Kier alpha value is -3.32. The van der Waals surface area contributed by atoms with E-state index in [1.807, 2.05) is 37.3 Å². The quantitative estimate of drug-likeness (QED) is 0.701. The van der Waals surface area contributed by atoms with E-state index in [0.717, 1.165) is 11.1 Å². The normalized spacial score (nSPS) is 16.3. The Bertz CT molecular complexity index is 1030. The molecule has 4 rings (SSSR count). The maximum Gasteiger partial charge on any atom is 0.253 e. The van der Waals surface area contributed by atoms with Crippen molar-refractivity contribution in [2.24, 2.45) is 5.73 Å². The standard InChI is InChI=1S/C23H24N4O3/c1-23(24,15-16-5-3-2-4-6-16)22-26-25-20(30-22)17-7-9-18(10-8-17)21(29)27-13-11-19(28)12-14-27/h2-10H,11-15,24H2,1H3/t23-/m1/s1. The van der Waals surface area contributed by atoms with E-state index in [1.165, 1.54) is 0 Å². The number of hydrogen-bond acceptors (Lipinski definition) is 6. The second-order valence-corrected chi connectivity index (χ2v) is 7.90. The van der Waals surface area contributed by atoms with Gasteiger partial charge in [0.25, 0.3) is 5.91 Å². The molecule has 1 aliphatic heterocycles. The van der Waals surface area contributed by atoms with E-state index in [1.54, 1.807) is 29.2 Å². The SMILES string of the molecule is C[C@@](N)(Cc1ccccc1)c1nnc(-c2ccc(C(=O)N3CCC(=O)CC3)cc2)o1. The van der Waals surface area contributed by atoms with Gasteiger partial charge in [0.15, 0.2) is 0 Å². The van der Waals surface area contributed by atoms with Gasteiger partial charge in [0.2, 0.25) is 11.8 Å². The lowest BCUT2D eigenvalue weighted by atomic mass is 9.94. The van der Waals surface area contributed by atoms with Crippen LogP contribution in [0.1, 0.15) is 41.6 Å². The van der Waals surface area contributed by atoms with Crippen LogP contribution in [0, 0.1) is 0 Å². The zero-order chi connectivity index (χ0) is 21.1. The number of carbonyl (C=O) groups excluding carboxylic acids is 2. The molecule has 3 aromatic rings. The number of ketones is 1. The minimum atomic E-state index is -0.797. The zero-order valence-electron chi connectivity index (χ0n) is 16.9. The van der Waals surface area contributed by atoms with Crippen molar-refractivity contribution in [2.75, 3.05) is 13.1 Å². The fraction of sp³-hybridized carbons (Fsp3) is 0.304. The smallest absolute Gasteiger partial charge is 0.253 e. The molecule has 1 saturated heterocycles. The number of nitrogens with zero attached hydrogens (tertiary/aromatic N) is 3. The highest BCUT2D eigenvalue weighted by molar-refractivity contribution is 5.95. The number of amides is 1.